The van der Waals surface area contributed by atoms with Gasteiger partial charge in [0.05, 0.1) is 13.3 Å². The molecule has 0 bridgehead atoms. The zero-order chi connectivity index (χ0) is 6.53. The molecule has 1 saturated heterocycles. The molecule has 3 heteroatoms. The predicted molar refractivity (Wildman–Crippen MR) is 34.1 cm³/mol. The fourth-order valence-corrected chi connectivity index (χ4v) is 0.960. The molecule has 1 atom stereocenters. The van der Waals surface area contributed by atoms with Crippen LogP contribution in [-0.4, -0.2) is 31.1 Å². The van der Waals surface area contributed by atoms with Crippen LogP contribution in [0.15, 0.2) is 0 Å². The van der Waals surface area contributed by atoms with Crippen LogP contribution in [0.2, 0.25) is 0 Å². The van der Waals surface area contributed by atoms with Crippen molar-refractivity contribution in [3.63, 3.8) is 0 Å². The van der Waals surface area contributed by atoms with E-state index in [2.05, 4.69) is 5.32 Å². The molecular weight excluding hydrogens is 118 g/mol. The predicted octanol–water partition coefficient (Wildman–Crippen LogP) is -0.295. The topological polar surface area (TPSA) is 41.5 Å². The Morgan fingerprint density at radius 2 is 2.56 bits per heavy atom. The molecule has 0 aromatic carbocycles. The quantitative estimate of drug-likeness (QED) is 0.552. The summed E-state index contributed by atoms with van der Waals surface area (Å²) in [5.41, 5.74) is 0. The maximum atomic E-state index is 8.46. The number of aliphatic hydroxyl groups is 1. The molecule has 3 nitrogen and oxygen atoms in total. The van der Waals surface area contributed by atoms with E-state index in [4.69, 9.17) is 9.84 Å². The first-order valence-electron chi connectivity index (χ1n) is 3.35. The highest BCUT2D eigenvalue weighted by molar-refractivity contribution is 4.67. The van der Waals surface area contributed by atoms with Gasteiger partial charge in [0, 0.05) is 12.6 Å². The fraction of sp³-hybridized carbons (Fsp3) is 1.00. The normalized spacial score (nSPS) is 27.0. The van der Waals surface area contributed by atoms with Gasteiger partial charge in [0.15, 0.2) is 0 Å². The summed E-state index contributed by atoms with van der Waals surface area (Å²) in [6, 6.07) is 0.483. The van der Waals surface area contributed by atoms with Crippen LogP contribution in [0.1, 0.15) is 12.8 Å². The highest BCUT2D eigenvalue weighted by atomic mass is 16.5. The summed E-state index contributed by atoms with van der Waals surface area (Å²) in [5.74, 6) is 0. The second-order valence-electron chi connectivity index (χ2n) is 2.28. The highest BCUT2D eigenvalue weighted by Crippen LogP contribution is 2.01. The second kappa shape index (κ2) is 3.82. The Morgan fingerprint density at radius 3 is 3.11 bits per heavy atom. The SMILES string of the molecule is OCCCC1COCN1. The summed E-state index contributed by atoms with van der Waals surface area (Å²) in [6.45, 7) is 1.77. The third kappa shape index (κ3) is 2.30. The third-order valence-electron chi connectivity index (χ3n) is 1.50. The van der Waals surface area contributed by atoms with Gasteiger partial charge in [-0.25, -0.2) is 0 Å². The van der Waals surface area contributed by atoms with Gasteiger partial charge in [-0.3, -0.25) is 5.32 Å². The largest absolute Gasteiger partial charge is 0.396 e. The number of hydrogen-bond acceptors (Lipinski definition) is 3. The molecule has 0 aromatic rings. The number of hydrogen-bond donors (Lipinski definition) is 2. The van der Waals surface area contributed by atoms with Gasteiger partial charge in [-0.2, -0.15) is 0 Å². The van der Waals surface area contributed by atoms with Crippen molar-refractivity contribution in [2.75, 3.05) is 19.9 Å². The zero-order valence-corrected chi connectivity index (χ0v) is 5.47. The van der Waals surface area contributed by atoms with Gasteiger partial charge in [0.1, 0.15) is 0 Å². The van der Waals surface area contributed by atoms with Crippen molar-refractivity contribution < 1.29 is 9.84 Å². The molecule has 0 radical (unpaired) electrons. The van der Waals surface area contributed by atoms with Crippen molar-refractivity contribution in [1.82, 2.24) is 5.32 Å². The Labute approximate surface area is 55.0 Å². The van der Waals surface area contributed by atoms with Crippen molar-refractivity contribution in [1.29, 1.82) is 0 Å². The summed E-state index contributed by atoms with van der Waals surface area (Å²) in [4.78, 5) is 0. The highest BCUT2D eigenvalue weighted by Gasteiger charge is 2.12. The molecule has 1 aliphatic rings. The van der Waals surface area contributed by atoms with Gasteiger partial charge in [0.2, 0.25) is 0 Å². The molecule has 0 aromatic heterocycles. The van der Waals surface area contributed by atoms with Gasteiger partial charge in [-0.15, -0.1) is 0 Å². The van der Waals surface area contributed by atoms with Crippen LogP contribution in [0.3, 0.4) is 0 Å². The average molecular weight is 131 g/mol. The molecule has 1 aliphatic heterocycles. The first kappa shape index (κ1) is 6.99. The summed E-state index contributed by atoms with van der Waals surface area (Å²) >= 11 is 0. The first-order valence-corrected chi connectivity index (χ1v) is 3.35. The van der Waals surface area contributed by atoms with Gasteiger partial charge in [0.25, 0.3) is 0 Å². The van der Waals surface area contributed by atoms with Crippen LogP contribution in [0.25, 0.3) is 0 Å². The van der Waals surface area contributed by atoms with Gasteiger partial charge < -0.3 is 9.84 Å². The van der Waals surface area contributed by atoms with Crippen molar-refractivity contribution in [2.45, 2.75) is 18.9 Å². The average Bonchev–Trinajstić information content (AvgIpc) is 2.34. The Bertz CT molecular complexity index is 71.5. The lowest BCUT2D eigenvalue weighted by atomic mass is 10.2. The van der Waals surface area contributed by atoms with E-state index in [9.17, 15) is 0 Å². The minimum absolute atomic E-state index is 0.290. The molecule has 1 heterocycles. The minimum atomic E-state index is 0.290. The van der Waals surface area contributed by atoms with Crippen LogP contribution >= 0.6 is 0 Å². The van der Waals surface area contributed by atoms with Crippen molar-refractivity contribution in [3.05, 3.63) is 0 Å². The Morgan fingerprint density at radius 1 is 1.67 bits per heavy atom. The van der Waals surface area contributed by atoms with E-state index < -0.39 is 0 Å². The van der Waals surface area contributed by atoms with E-state index >= 15 is 0 Å². The van der Waals surface area contributed by atoms with Crippen LogP contribution < -0.4 is 5.32 Å². The van der Waals surface area contributed by atoms with E-state index in [1.807, 2.05) is 0 Å². The van der Waals surface area contributed by atoms with Gasteiger partial charge >= 0.3 is 0 Å². The summed E-state index contributed by atoms with van der Waals surface area (Å²) in [5, 5.41) is 11.6. The Hall–Kier alpha value is -0.120. The molecule has 2 N–H and O–H groups in total. The van der Waals surface area contributed by atoms with Gasteiger partial charge in [-0.05, 0) is 12.8 Å². The number of rotatable bonds is 3. The maximum Gasteiger partial charge on any atom is 0.0968 e. The summed E-state index contributed by atoms with van der Waals surface area (Å²) in [6.07, 6.45) is 1.90. The van der Waals surface area contributed by atoms with E-state index in [0.717, 1.165) is 19.4 Å². The molecule has 9 heavy (non-hydrogen) atoms. The van der Waals surface area contributed by atoms with E-state index in [1.54, 1.807) is 0 Å². The number of nitrogens with one attached hydrogen (secondary N) is 1. The molecule has 0 saturated carbocycles. The van der Waals surface area contributed by atoms with E-state index in [1.165, 1.54) is 0 Å². The van der Waals surface area contributed by atoms with Crippen LogP contribution in [-0.2, 0) is 4.74 Å². The van der Waals surface area contributed by atoms with Crippen molar-refractivity contribution >= 4 is 0 Å². The maximum absolute atomic E-state index is 8.46. The molecule has 1 fully saturated rings. The van der Waals surface area contributed by atoms with Crippen LogP contribution in [0.4, 0.5) is 0 Å². The number of aliphatic hydroxyl groups excluding tert-OH is 1. The van der Waals surface area contributed by atoms with Crippen LogP contribution in [0, 0.1) is 0 Å². The second-order valence-corrected chi connectivity index (χ2v) is 2.28. The monoisotopic (exact) mass is 131 g/mol. The number of ether oxygens (including phenoxy) is 1. The lowest BCUT2D eigenvalue weighted by Crippen LogP contribution is -2.23. The van der Waals surface area contributed by atoms with Gasteiger partial charge in [-0.1, -0.05) is 0 Å². The third-order valence-corrected chi connectivity index (χ3v) is 1.50. The molecule has 54 valence electrons. The van der Waals surface area contributed by atoms with Crippen molar-refractivity contribution in [2.24, 2.45) is 0 Å². The standard InChI is InChI=1S/C6H13NO2/c8-3-1-2-6-4-9-5-7-6/h6-8H,1-5H2. The fourth-order valence-electron chi connectivity index (χ4n) is 0.960. The van der Waals surface area contributed by atoms with Crippen molar-refractivity contribution in [3.8, 4) is 0 Å². The van der Waals surface area contributed by atoms with Crippen LogP contribution in [0.5, 0.6) is 0 Å². The zero-order valence-electron chi connectivity index (χ0n) is 5.47. The van der Waals surface area contributed by atoms with E-state index in [0.29, 0.717) is 12.8 Å². The minimum Gasteiger partial charge on any atom is -0.396 e. The molecule has 0 spiro atoms. The lowest BCUT2D eigenvalue weighted by molar-refractivity contribution is 0.187. The van der Waals surface area contributed by atoms with E-state index in [-0.39, 0.29) is 6.61 Å². The summed E-state index contributed by atoms with van der Waals surface area (Å²) < 4.78 is 5.06. The summed E-state index contributed by atoms with van der Waals surface area (Å²) in [7, 11) is 0. The molecule has 0 amide bonds. The smallest absolute Gasteiger partial charge is 0.0968 e. The molecular formula is C6H13NO2. The molecule has 1 rings (SSSR count). The Kier molecular flexibility index (Phi) is 2.97. The molecule has 0 aliphatic carbocycles. The first-order chi connectivity index (χ1) is 4.43. The lowest BCUT2D eigenvalue weighted by Gasteiger charge is -2.04. The Balaban J connectivity index is 1.98. The molecule has 1 unspecified atom stereocenters.